The average molecular weight is 221 g/mol. The fourth-order valence-corrected chi connectivity index (χ4v) is 1.62. The van der Waals surface area contributed by atoms with Crippen LogP contribution >= 0.6 is 0 Å². The molecule has 1 heterocycles. The number of ketones is 1. The third kappa shape index (κ3) is 4.11. The standard InChI is InChI=1S/C13H19NO2/c1-3-6-13(16-4-2)12(15)9-11-7-5-8-14-10-11/h5,7-8,10,13H,3-4,6,9H2,1-2H3. The molecule has 0 saturated heterocycles. The monoisotopic (exact) mass is 221 g/mol. The smallest absolute Gasteiger partial charge is 0.165 e. The third-order valence-electron chi connectivity index (χ3n) is 2.38. The van der Waals surface area contributed by atoms with Gasteiger partial charge in [-0.15, -0.1) is 0 Å². The van der Waals surface area contributed by atoms with Crippen LogP contribution in [-0.4, -0.2) is 23.5 Å². The van der Waals surface area contributed by atoms with E-state index < -0.39 is 0 Å². The molecule has 0 saturated carbocycles. The molecule has 0 spiro atoms. The number of aromatic nitrogens is 1. The summed E-state index contributed by atoms with van der Waals surface area (Å²) >= 11 is 0. The van der Waals surface area contributed by atoms with E-state index >= 15 is 0 Å². The number of carbonyl (C=O) groups excluding carboxylic acids is 1. The minimum Gasteiger partial charge on any atom is -0.371 e. The Morgan fingerprint density at radius 2 is 2.31 bits per heavy atom. The van der Waals surface area contributed by atoms with E-state index in [1.54, 1.807) is 12.4 Å². The van der Waals surface area contributed by atoms with Gasteiger partial charge in [-0.1, -0.05) is 19.4 Å². The molecule has 0 bridgehead atoms. The summed E-state index contributed by atoms with van der Waals surface area (Å²) in [7, 11) is 0. The minimum atomic E-state index is -0.254. The van der Waals surface area contributed by atoms with Crippen LogP contribution in [0, 0.1) is 0 Å². The lowest BCUT2D eigenvalue weighted by Gasteiger charge is -2.14. The Hall–Kier alpha value is -1.22. The number of nitrogens with zero attached hydrogens (tertiary/aromatic N) is 1. The van der Waals surface area contributed by atoms with Crippen molar-refractivity contribution < 1.29 is 9.53 Å². The summed E-state index contributed by atoms with van der Waals surface area (Å²) in [5.41, 5.74) is 0.952. The van der Waals surface area contributed by atoms with Crippen LogP contribution in [0.2, 0.25) is 0 Å². The second-order valence-corrected chi connectivity index (χ2v) is 3.74. The molecule has 0 fully saturated rings. The predicted octanol–water partition coefficient (Wildman–Crippen LogP) is 2.40. The summed E-state index contributed by atoms with van der Waals surface area (Å²) in [6, 6.07) is 3.76. The second-order valence-electron chi connectivity index (χ2n) is 3.74. The Morgan fingerprint density at radius 1 is 1.50 bits per heavy atom. The van der Waals surface area contributed by atoms with Crippen molar-refractivity contribution >= 4 is 5.78 Å². The van der Waals surface area contributed by atoms with Gasteiger partial charge >= 0.3 is 0 Å². The molecule has 16 heavy (non-hydrogen) atoms. The fraction of sp³-hybridized carbons (Fsp3) is 0.538. The Balaban J connectivity index is 2.55. The Labute approximate surface area is 96.8 Å². The Morgan fingerprint density at radius 3 is 2.88 bits per heavy atom. The molecule has 1 aromatic heterocycles. The average Bonchev–Trinajstić information content (AvgIpc) is 2.30. The van der Waals surface area contributed by atoms with Crippen LogP contribution < -0.4 is 0 Å². The highest BCUT2D eigenvalue weighted by Crippen LogP contribution is 2.08. The van der Waals surface area contributed by atoms with Crippen molar-refractivity contribution in [2.45, 2.75) is 39.2 Å². The van der Waals surface area contributed by atoms with E-state index in [-0.39, 0.29) is 11.9 Å². The van der Waals surface area contributed by atoms with Gasteiger partial charge in [-0.3, -0.25) is 9.78 Å². The summed E-state index contributed by atoms with van der Waals surface area (Å²) in [5.74, 6) is 0.150. The van der Waals surface area contributed by atoms with Crippen molar-refractivity contribution in [3.8, 4) is 0 Å². The molecule has 0 aromatic carbocycles. The first-order chi connectivity index (χ1) is 7.77. The lowest BCUT2D eigenvalue weighted by atomic mass is 10.0. The first-order valence-electron chi connectivity index (χ1n) is 5.81. The summed E-state index contributed by atoms with van der Waals surface area (Å²) in [6.45, 7) is 4.56. The predicted molar refractivity (Wildman–Crippen MR) is 63.3 cm³/mol. The lowest BCUT2D eigenvalue weighted by Crippen LogP contribution is -2.25. The van der Waals surface area contributed by atoms with Gasteiger partial charge in [-0.25, -0.2) is 0 Å². The molecule has 0 N–H and O–H groups in total. The quantitative estimate of drug-likeness (QED) is 0.709. The van der Waals surface area contributed by atoms with Crippen LogP contribution in [0.5, 0.6) is 0 Å². The van der Waals surface area contributed by atoms with Gasteiger partial charge in [-0.05, 0) is 25.0 Å². The molecular weight excluding hydrogens is 202 g/mol. The van der Waals surface area contributed by atoms with Crippen molar-refractivity contribution in [3.05, 3.63) is 30.1 Å². The maximum Gasteiger partial charge on any atom is 0.165 e. The van der Waals surface area contributed by atoms with Gasteiger partial charge in [-0.2, -0.15) is 0 Å². The van der Waals surface area contributed by atoms with Crippen molar-refractivity contribution in [3.63, 3.8) is 0 Å². The van der Waals surface area contributed by atoms with Gasteiger partial charge in [0.1, 0.15) is 6.10 Å². The molecular formula is C13H19NO2. The molecule has 1 atom stereocenters. The number of Topliss-reactive ketones (excluding diaryl/α,β-unsaturated/α-hetero) is 1. The van der Waals surface area contributed by atoms with Crippen LogP contribution in [0.1, 0.15) is 32.3 Å². The van der Waals surface area contributed by atoms with Gasteiger partial charge in [0.25, 0.3) is 0 Å². The summed E-state index contributed by atoms with van der Waals surface area (Å²) in [6.07, 6.45) is 5.36. The van der Waals surface area contributed by atoms with E-state index in [1.165, 1.54) is 0 Å². The number of ether oxygens (including phenoxy) is 1. The van der Waals surface area contributed by atoms with E-state index in [9.17, 15) is 4.79 Å². The second kappa shape index (κ2) is 7.12. The zero-order valence-electron chi connectivity index (χ0n) is 9.98. The number of rotatable bonds is 7. The van der Waals surface area contributed by atoms with Gasteiger partial charge in [0, 0.05) is 25.4 Å². The zero-order chi connectivity index (χ0) is 11.8. The summed E-state index contributed by atoms with van der Waals surface area (Å²) < 4.78 is 5.45. The van der Waals surface area contributed by atoms with E-state index in [1.807, 2.05) is 19.1 Å². The topological polar surface area (TPSA) is 39.2 Å². The molecule has 0 aliphatic heterocycles. The highest BCUT2D eigenvalue weighted by atomic mass is 16.5. The summed E-state index contributed by atoms with van der Waals surface area (Å²) in [4.78, 5) is 15.9. The molecule has 1 rings (SSSR count). The minimum absolute atomic E-state index is 0.150. The van der Waals surface area contributed by atoms with E-state index in [4.69, 9.17) is 4.74 Å². The van der Waals surface area contributed by atoms with Gasteiger partial charge in [0.2, 0.25) is 0 Å². The highest BCUT2D eigenvalue weighted by molar-refractivity contribution is 5.85. The number of hydrogen-bond donors (Lipinski definition) is 0. The van der Waals surface area contributed by atoms with Crippen molar-refractivity contribution in [1.29, 1.82) is 0 Å². The molecule has 0 radical (unpaired) electrons. The Bertz CT molecular complexity index is 305. The Kier molecular flexibility index (Phi) is 5.72. The maximum absolute atomic E-state index is 11.9. The van der Waals surface area contributed by atoms with Crippen LogP contribution in [0.4, 0.5) is 0 Å². The van der Waals surface area contributed by atoms with Crippen LogP contribution in [0.3, 0.4) is 0 Å². The fourth-order valence-electron chi connectivity index (χ4n) is 1.62. The van der Waals surface area contributed by atoms with E-state index in [2.05, 4.69) is 11.9 Å². The molecule has 3 heteroatoms. The third-order valence-corrected chi connectivity index (χ3v) is 2.38. The van der Waals surface area contributed by atoms with Crippen LogP contribution in [-0.2, 0) is 16.0 Å². The van der Waals surface area contributed by atoms with Crippen molar-refractivity contribution in [2.75, 3.05) is 6.61 Å². The zero-order valence-corrected chi connectivity index (χ0v) is 9.98. The highest BCUT2D eigenvalue weighted by Gasteiger charge is 2.17. The van der Waals surface area contributed by atoms with Gasteiger partial charge in [0.05, 0.1) is 0 Å². The maximum atomic E-state index is 11.9. The first kappa shape index (κ1) is 12.8. The normalized spacial score (nSPS) is 12.4. The van der Waals surface area contributed by atoms with Crippen LogP contribution in [0.15, 0.2) is 24.5 Å². The first-order valence-corrected chi connectivity index (χ1v) is 5.81. The molecule has 1 unspecified atom stereocenters. The molecule has 0 aliphatic carbocycles. The molecule has 0 amide bonds. The molecule has 0 aliphatic rings. The van der Waals surface area contributed by atoms with E-state index in [0.717, 1.165) is 18.4 Å². The van der Waals surface area contributed by atoms with Gasteiger partial charge in [0.15, 0.2) is 5.78 Å². The van der Waals surface area contributed by atoms with Crippen molar-refractivity contribution in [2.24, 2.45) is 0 Å². The number of hydrogen-bond acceptors (Lipinski definition) is 3. The largest absolute Gasteiger partial charge is 0.371 e. The van der Waals surface area contributed by atoms with Crippen molar-refractivity contribution in [1.82, 2.24) is 4.98 Å². The molecule has 3 nitrogen and oxygen atoms in total. The van der Waals surface area contributed by atoms with Gasteiger partial charge < -0.3 is 4.74 Å². The SMILES string of the molecule is CCCC(OCC)C(=O)Cc1cccnc1. The van der Waals surface area contributed by atoms with E-state index in [0.29, 0.717) is 13.0 Å². The number of carbonyl (C=O) groups is 1. The number of pyridine rings is 1. The molecule has 1 aromatic rings. The van der Waals surface area contributed by atoms with Crippen LogP contribution in [0.25, 0.3) is 0 Å². The lowest BCUT2D eigenvalue weighted by molar-refractivity contribution is -0.130. The summed E-state index contributed by atoms with van der Waals surface area (Å²) in [5, 5.41) is 0. The molecule has 88 valence electrons.